The second-order valence-corrected chi connectivity index (χ2v) is 6.21. The zero-order valence-electron chi connectivity index (χ0n) is 13.2. The van der Waals surface area contributed by atoms with Crippen LogP contribution in [0.15, 0.2) is 36.9 Å². The van der Waals surface area contributed by atoms with Gasteiger partial charge in [0.2, 0.25) is 0 Å². The summed E-state index contributed by atoms with van der Waals surface area (Å²) in [6, 6.07) is 7.41. The first-order valence-electron chi connectivity index (χ1n) is 8.14. The molecule has 2 aromatic rings. The van der Waals surface area contributed by atoms with Crippen LogP contribution in [-0.2, 0) is 16.0 Å². The lowest BCUT2D eigenvalue weighted by Gasteiger charge is -2.35. The highest BCUT2D eigenvalue weighted by molar-refractivity contribution is 5.95. The number of hydrogen-bond donors (Lipinski definition) is 0. The van der Waals surface area contributed by atoms with Gasteiger partial charge in [-0.25, -0.2) is 14.5 Å². The number of piperidine rings is 1. The zero-order valence-corrected chi connectivity index (χ0v) is 13.2. The van der Waals surface area contributed by atoms with Crippen molar-refractivity contribution in [3.8, 4) is 0 Å². The molecule has 1 aromatic carbocycles. The minimum Gasteiger partial charge on any atom is -0.448 e. The molecule has 0 bridgehead atoms. The highest BCUT2D eigenvalue weighted by atomic mass is 16.5. The van der Waals surface area contributed by atoms with E-state index in [-0.39, 0.29) is 11.9 Å². The SMILES string of the molecule is O=C1O[C@H](C(=O)N2CCC[C@@H](n3cncn3)C2)Cc2ccccc21. The number of nitrogens with zero attached hydrogens (tertiary/aromatic N) is 4. The third-order valence-electron chi connectivity index (χ3n) is 4.69. The summed E-state index contributed by atoms with van der Waals surface area (Å²) in [5, 5.41) is 4.17. The molecule has 7 heteroatoms. The van der Waals surface area contributed by atoms with Crippen molar-refractivity contribution in [2.45, 2.75) is 31.4 Å². The Hall–Kier alpha value is -2.70. The molecule has 0 unspecified atom stereocenters. The Kier molecular flexibility index (Phi) is 3.76. The highest BCUT2D eigenvalue weighted by Gasteiger charge is 2.35. The smallest absolute Gasteiger partial charge is 0.339 e. The topological polar surface area (TPSA) is 77.3 Å². The molecule has 1 amide bonds. The summed E-state index contributed by atoms with van der Waals surface area (Å²) >= 11 is 0. The summed E-state index contributed by atoms with van der Waals surface area (Å²) in [5.41, 5.74) is 1.43. The number of aromatic nitrogens is 3. The molecule has 1 aromatic heterocycles. The molecule has 2 atom stereocenters. The van der Waals surface area contributed by atoms with E-state index in [1.807, 2.05) is 12.1 Å². The van der Waals surface area contributed by atoms with Crippen molar-refractivity contribution in [1.29, 1.82) is 0 Å². The number of likely N-dealkylation sites (tertiary alicyclic amines) is 1. The summed E-state index contributed by atoms with van der Waals surface area (Å²) in [5.74, 6) is -0.539. The van der Waals surface area contributed by atoms with E-state index in [0.29, 0.717) is 25.1 Å². The van der Waals surface area contributed by atoms with Crippen LogP contribution in [0.4, 0.5) is 0 Å². The minimum absolute atomic E-state index is 0.122. The predicted octanol–water partition coefficient (Wildman–Crippen LogP) is 1.22. The predicted molar refractivity (Wildman–Crippen MR) is 84.2 cm³/mol. The number of cyclic esters (lactones) is 1. The van der Waals surface area contributed by atoms with Crippen molar-refractivity contribution in [1.82, 2.24) is 19.7 Å². The molecule has 0 radical (unpaired) electrons. The van der Waals surface area contributed by atoms with Gasteiger partial charge in [0.15, 0.2) is 6.10 Å². The van der Waals surface area contributed by atoms with Crippen LogP contribution in [0.1, 0.15) is 34.8 Å². The maximum Gasteiger partial charge on any atom is 0.339 e. The zero-order chi connectivity index (χ0) is 16.5. The number of rotatable bonds is 2. The standard InChI is InChI=1S/C17H18N4O3/c22-16(15-8-12-4-1-2-6-14(12)17(23)24-15)20-7-3-5-13(9-20)21-11-18-10-19-21/h1-2,4,6,10-11,13,15H,3,5,7-9H2/t13-,15+/m1/s1. The lowest BCUT2D eigenvalue weighted by atomic mass is 9.97. The molecule has 1 saturated heterocycles. The van der Waals surface area contributed by atoms with E-state index in [4.69, 9.17) is 4.74 Å². The first kappa shape index (κ1) is 14.9. The van der Waals surface area contributed by atoms with Crippen molar-refractivity contribution in [2.24, 2.45) is 0 Å². The van der Waals surface area contributed by atoms with Gasteiger partial charge in [0.05, 0.1) is 11.6 Å². The van der Waals surface area contributed by atoms with Gasteiger partial charge >= 0.3 is 5.97 Å². The molecule has 24 heavy (non-hydrogen) atoms. The Morgan fingerprint density at radius 2 is 2.17 bits per heavy atom. The van der Waals surface area contributed by atoms with Crippen LogP contribution < -0.4 is 0 Å². The lowest BCUT2D eigenvalue weighted by Crippen LogP contribution is -2.48. The molecule has 1 fully saturated rings. The highest BCUT2D eigenvalue weighted by Crippen LogP contribution is 2.25. The Balaban J connectivity index is 1.49. The molecule has 2 aliphatic rings. The van der Waals surface area contributed by atoms with Gasteiger partial charge < -0.3 is 9.64 Å². The number of carbonyl (C=O) groups is 2. The van der Waals surface area contributed by atoms with E-state index in [1.165, 1.54) is 6.33 Å². The molecule has 7 nitrogen and oxygen atoms in total. The van der Waals surface area contributed by atoms with Crippen LogP contribution >= 0.6 is 0 Å². The minimum atomic E-state index is -0.734. The van der Waals surface area contributed by atoms with E-state index >= 15 is 0 Å². The molecular formula is C17H18N4O3. The molecule has 0 N–H and O–H groups in total. The number of benzene rings is 1. The molecule has 0 saturated carbocycles. The Labute approximate surface area is 139 Å². The van der Waals surface area contributed by atoms with Crippen molar-refractivity contribution in [3.05, 3.63) is 48.0 Å². The second-order valence-electron chi connectivity index (χ2n) is 6.21. The average Bonchev–Trinajstić information content (AvgIpc) is 3.16. The van der Waals surface area contributed by atoms with Crippen LogP contribution in [0, 0.1) is 0 Å². The van der Waals surface area contributed by atoms with Crippen LogP contribution in [0.5, 0.6) is 0 Å². The maximum atomic E-state index is 12.8. The van der Waals surface area contributed by atoms with E-state index in [1.54, 1.807) is 28.0 Å². The summed E-state index contributed by atoms with van der Waals surface area (Å²) in [6.45, 7) is 1.25. The maximum absolute atomic E-state index is 12.8. The number of fused-ring (bicyclic) bond motifs is 1. The number of ether oxygens (including phenoxy) is 1. The Morgan fingerprint density at radius 3 is 3.00 bits per heavy atom. The van der Waals surface area contributed by atoms with E-state index in [9.17, 15) is 9.59 Å². The van der Waals surface area contributed by atoms with E-state index in [0.717, 1.165) is 18.4 Å². The fourth-order valence-corrected chi connectivity index (χ4v) is 3.45. The average molecular weight is 326 g/mol. The monoisotopic (exact) mass is 326 g/mol. The van der Waals surface area contributed by atoms with Gasteiger partial charge in [0, 0.05) is 19.5 Å². The molecule has 124 valence electrons. The van der Waals surface area contributed by atoms with Crippen molar-refractivity contribution < 1.29 is 14.3 Å². The largest absolute Gasteiger partial charge is 0.448 e. The quantitative estimate of drug-likeness (QED) is 0.776. The van der Waals surface area contributed by atoms with E-state index in [2.05, 4.69) is 10.1 Å². The second kappa shape index (κ2) is 6.07. The first-order valence-corrected chi connectivity index (χ1v) is 8.14. The van der Waals surface area contributed by atoms with Gasteiger partial charge in [-0.15, -0.1) is 0 Å². The fraction of sp³-hybridized carbons (Fsp3) is 0.412. The van der Waals surface area contributed by atoms with Crippen LogP contribution in [-0.4, -0.2) is 50.7 Å². The van der Waals surface area contributed by atoms with Crippen LogP contribution in [0.3, 0.4) is 0 Å². The van der Waals surface area contributed by atoms with E-state index < -0.39 is 12.1 Å². The normalized spacial score (nSPS) is 23.5. The van der Waals surface area contributed by atoms with Crippen molar-refractivity contribution in [2.75, 3.05) is 13.1 Å². The van der Waals surface area contributed by atoms with Gasteiger partial charge in [0.25, 0.3) is 5.91 Å². The fourth-order valence-electron chi connectivity index (χ4n) is 3.45. The lowest BCUT2D eigenvalue weighted by molar-refractivity contribution is -0.142. The third-order valence-corrected chi connectivity index (χ3v) is 4.69. The Bertz CT molecular complexity index is 759. The van der Waals surface area contributed by atoms with Crippen molar-refractivity contribution in [3.63, 3.8) is 0 Å². The number of carbonyl (C=O) groups excluding carboxylic acids is 2. The molecule has 2 aliphatic heterocycles. The van der Waals surface area contributed by atoms with Gasteiger partial charge in [-0.2, -0.15) is 5.10 Å². The van der Waals surface area contributed by atoms with Gasteiger partial charge in [0.1, 0.15) is 12.7 Å². The summed E-state index contributed by atoms with van der Waals surface area (Å²) < 4.78 is 7.18. The summed E-state index contributed by atoms with van der Waals surface area (Å²) in [4.78, 5) is 30.7. The molecule has 4 rings (SSSR count). The van der Waals surface area contributed by atoms with Gasteiger partial charge in [-0.3, -0.25) is 4.79 Å². The number of hydrogen-bond acceptors (Lipinski definition) is 5. The number of esters is 1. The van der Waals surface area contributed by atoms with Crippen molar-refractivity contribution >= 4 is 11.9 Å². The molecule has 0 spiro atoms. The molecule has 0 aliphatic carbocycles. The van der Waals surface area contributed by atoms with Gasteiger partial charge in [-0.05, 0) is 24.5 Å². The van der Waals surface area contributed by atoms with Crippen LogP contribution in [0.2, 0.25) is 0 Å². The molecule has 3 heterocycles. The molecular weight excluding hydrogens is 308 g/mol. The van der Waals surface area contributed by atoms with Crippen LogP contribution in [0.25, 0.3) is 0 Å². The first-order chi connectivity index (χ1) is 11.7. The Morgan fingerprint density at radius 1 is 1.29 bits per heavy atom. The number of amides is 1. The summed E-state index contributed by atoms with van der Waals surface area (Å²) in [7, 11) is 0. The third kappa shape index (κ3) is 2.66. The van der Waals surface area contributed by atoms with Gasteiger partial charge in [-0.1, -0.05) is 18.2 Å². The summed E-state index contributed by atoms with van der Waals surface area (Å²) in [6.07, 6.45) is 4.73.